The Balaban J connectivity index is 1.92. The Morgan fingerprint density at radius 2 is 1.90 bits per heavy atom. The lowest BCUT2D eigenvalue weighted by Crippen LogP contribution is -2.33. The van der Waals surface area contributed by atoms with Crippen LogP contribution < -0.4 is 5.56 Å². The van der Waals surface area contributed by atoms with Crippen molar-refractivity contribution in [2.45, 2.75) is 26.9 Å². The van der Waals surface area contributed by atoms with E-state index in [9.17, 15) is 9.59 Å². The van der Waals surface area contributed by atoms with Crippen LogP contribution in [0.25, 0.3) is 0 Å². The normalized spacial score (nSPS) is 13.4. The van der Waals surface area contributed by atoms with E-state index in [-0.39, 0.29) is 17.0 Å². The first kappa shape index (κ1) is 13.5. The molecule has 0 aliphatic carbocycles. The molecule has 0 bridgehead atoms. The molecular formula is C16H17N3O2. The van der Waals surface area contributed by atoms with Crippen molar-refractivity contribution < 1.29 is 4.79 Å². The Kier molecular flexibility index (Phi) is 3.12. The molecule has 0 aromatic carbocycles. The number of hydrogen-bond acceptors (Lipinski definition) is 3. The number of hydrogen-bond donors (Lipinski definition) is 0. The summed E-state index contributed by atoms with van der Waals surface area (Å²) in [7, 11) is 1.68. The lowest BCUT2D eigenvalue weighted by atomic mass is 10.2. The SMILES string of the molecule is Cc1cc2c(cn1)CN(C(=O)c1ccc(C)n(C)c1=O)C2. The number of rotatable bonds is 1. The van der Waals surface area contributed by atoms with Crippen LogP contribution in [0.2, 0.25) is 0 Å². The summed E-state index contributed by atoms with van der Waals surface area (Å²) in [5.74, 6) is -0.218. The highest BCUT2D eigenvalue weighted by atomic mass is 16.2. The van der Waals surface area contributed by atoms with Gasteiger partial charge in [-0.3, -0.25) is 14.6 Å². The molecule has 0 atom stereocenters. The number of fused-ring (bicyclic) bond motifs is 1. The van der Waals surface area contributed by atoms with Gasteiger partial charge in [-0.05, 0) is 43.2 Å². The zero-order chi connectivity index (χ0) is 15.1. The van der Waals surface area contributed by atoms with Crippen molar-refractivity contribution in [3.05, 3.63) is 62.8 Å². The molecule has 0 N–H and O–H groups in total. The Hall–Kier alpha value is -2.43. The molecule has 2 aromatic heterocycles. The highest BCUT2D eigenvalue weighted by Gasteiger charge is 2.26. The molecule has 5 nitrogen and oxygen atoms in total. The minimum absolute atomic E-state index is 0.218. The van der Waals surface area contributed by atoms with Crippen LogP contribution in [0, 0.1) is 13.8 Å². The Labute approximate surface area is 122 Å². The van der Waals surface area contributed by atoms with Crippen molar-refractivity contribution in [3.63, 3.8) is 0 Å². The second-order valence-electron chi connectivity index (χ2n) is 5.51. The number of amides is 1. The predicted molar refractivity (Wildman–Crippen MR) is 79.0 cm³/mol. The van der Waals surface area contributed by atoms with E-state index in [1.807, 2.05) is 26.1 Å². The van der Waals surface area contributed by atoms with Crippen molar-refractivity contribution >= 4 is 5.91 Å². The van der Waals surface area contributed by atoms with Crippen LogP contribution in [0.15, 0.2) is 29.2 Å². The number of nitrogens with zero attached hydrogens (tertiary/aromatic N) is 3. The van der Waals surface area contributed by atoms with E-state index in [1.54, 1.807) is 24.1 Å². The van der Waals surface area contributed by atoms with Crippen LogP contribution >= 0.6 is 0 Å². The number of aromatic nitrogens is 2. The summed E-state index contributed by atoms with van der Waals surface area (Å²) in [5.41, 5.74) is 3.92. The summed E-state index contributed by atoms with van der Waals surface area (Å²) in [6, 6.07) is 5.41. The second kappa shape index (κ2) is 4.84. The third-order valence-electron chi connectivity index (χ3n) is 4.01. The topological polar surface area (TPSA) is 55.2 Å². The van der Waals surface area contributed by atoms with Gasteiger partial charge < -0.3 is 9.47 Å². The average Bonchev–Trinajstić information content (AvgIpc) is 2.87. The van der Waals surface area contributed by atoms with Crippen molar-refractivity contribution in [2.24, 2.45) is 7.05 Å². The lowest BCUT2D eigenvalue weighted by Gasteiger charge is -2.15. The molecule has 2 aromatic rings. The number of carbonyl (C=O) groups is 1. The molecular weight excluding hydrogens is 266 g/mol. The summed E-state index contributed by atoms with van der Waals surface area (Å²) >= 11 is 0. The third-order valence-corrected chi connectivity index (χ3v) is 4.01. The minimum atomic E-state index is -0.245. The van der Waals surface area contributed by atoms with Crippen LogP contribution in [-0.4, -0.2) is 20.4 Å². The van der Waals surface area contributed by atoms with Crippen LogP contribution in [0.5, 0.6) is 0 Å². The lowest BCUT2D eigenvalue weighted by molar-refractivity contribution is 0.0749. The molecule has 0 fully saturated rings. The van der Waals surface area contributed by atoms with Gasteiger partial charge in [0.05, 0.1) is 0 Å². The highest BCUT2D eigenvalue weighted by Crippen LogP contribution is 2.23. The minimum Gasteiger partial charge on any atom is -0.330 e. The van der Waals surface area contributed by atoms with E-state index in [2.05, 4.69) is 4.98 Å². The van der Waals surface area contributed by atoms with Crippen LogP contribution in [0.1, 0.15) is 32.9 Å². The molecule has 108 valence electrons. The van der Waals surface area contributed by atoms with Crippen LogP contribution in [0.4, 0.5) is 0 Å². The van der Waals surface area contributed by atoms with E-state index in [1.165, 1.54) is 4.57 Å². The maximum Gasteiger partial charge on any atom is 0.263 e. The van der Waals surface area contributed by atoms with Gasteiger partial charge in [0, 0.05) is 37.7 Å². The van der Waals surface area contributed by atoms with Crippen LogP contribution in [-0.2, 0) is 20.1 Å². The predicted octanol–water partition coefficient (Wildman–Crippen LogP) is 1.55. The number of aryl methyl sites for hydroxylation is 2. The van der Waals surface area contributed by atoms with Crippen molar-refractivity contribution in [3.8, 4) is 0 Å². The third kappa shape index (κ3) is 2.24. The zero-order valence-electron chi connectivity index (χ0n) is 12.4. The van der Waals surface area contributed by atoms with Gasteiger partial charge in [0.15, 0.2) is 0 Å². The van der Waals surface area contributed by atoms with Gasteiger partial charge in [0.1, 0.15) is 5.56 Å². The first-order chi connectivity index (χ1) is 9.97. The first-order valence-electron chi connectivity index (χ1n) is 6.87. The fourth-order valence-electron chi connectivity index (χ4n) is 2.61. The molecule has 3 rings (SSSR count). The molecule has 0 unspecified atom stereocenters. The fourth-order valence-corrected chi connectivity index (χ4v) is 2.61. The molecule has 21 heavy (non-hydrogen) atoms. The van der Waals surface area contributed by atoms with Gasteiger partial charge >= 0.3 is 0 Å². The molecule has 1 aliphatic rings. The summed E-state index contributed by atoms with van der Waals surface area (Å²) in [6.45, 7) is 4.82. The van der Waals surface area contributed by atoms with Crippen molar-refractivity contribution in [1.82, 2.24) is 14.5 Å². The molecule has 0 spiro atoms. The standard InChI is InChI=1S/C16H17N3O2/c1-10-6-12-8-19(9-13(12)7-17-10)16(21)14-5-4-11(2)18(3)15(14)20/h4-7H,8-9H2,1-3H3. The molecule has 0 radical (unpaired) electrons. The smallest absolute Gasteiger partial charge is 0.263 e. The van der Waals surface area contributed by atoms with E-state index >= 15 is 0 Å². The maximum atomic E-state index is 12.6. The Bertz CT molecular complexity index is 793. The summed E-state index contributed by atoms with van der Waals surface area (Å²) in [6.07, 6.45) is 1.81. The van der Waals surface area contributed by atoms with Gasteiger partial charge in [0.2, 0.25) is 0 Å². The van der Waals surface area contributed by atoms with Gasteiger partial charge in [0.25, 0.3) is 11.5 Å². The van der Waals surface area contributed by atoms with Crippen molar-refractivity contribution in [2.75, 3.05) is 0 Å². The maximum absolute atomic E-state index is 12.6. The molecule has 1 amide bonds. The van der Waals surface area contributed by atoms with Gasteiger partial charge in [-0.2, -0.15) is 0 Å². The highest BCUT2D eigenvalue weighted by molar-refractivity contribution is 5.94. The molecule has 3 heterocycles. The van der Waals surface area contributed by atoms with E-state index in [0.717, 1.165) is 22.5 Å². The van der Waals surface area contributed by atoms with E-state index in [0.29, 0.717) is 13.1 Å². The van der Waals surface area contributed by atoms with Crippen LogP contribution in [0.3, 0.4) is 0 Å². The first-order valence-corrected chi connectivity index (χ1v) is 6.87. The van der Waals surface area contributed by atoms with E-state index in [4.69, 9.17) is 0 Å². The summed E-state index contributed by atoms with van der Waals surface area (Å²) in [5, 5.41) is 0. The quantitative estimate of drug-likeness (QED) is 0.798. The molecule has 0 saturated carbocycles. The summed E-state index contributed by atoms with van der Waals surface area (Å²) in [4.78, 5) is 30.7. The Morgan fingerprint density at radius 1 is 1.19 bits per heavy atom. The molecule has 0 saturated heterocycles. The average molecular weight is 283 g/mol. The number of carbonyl (C=O) groups excluding carboxylic acids is 1. The largest absolute Gasteiger partial charge is 0.330 e. The summed E-state index contributed by atoms with van der Waals surface area (Å²) < 4.78 is 1.50. The van der Waals surface area contributed by atoms with Crippen molar-refractivity contribution in [1.29, 1.82) is 0 Å². The monoisotopic (exact) mass is 283 g/mol. The van der Waals surface area contributed by atoms with Gasteiger partial charge in [-0.25, -0.2) is 0 Å². The van der Waals surface area contributed by atoms with E-state index < -0.39 is 0 Å². The fraction of sp³-hybridized carbons (Fsp3) is 0.312. The van der Waals surface area contributed by atoms with Gasteiger partial charge in [-0.15, -0.1) is 0 Å². The Morgan fingerprint density at radius 3 is 2.67 bits per heavy atom. The van der Waals surface area contributed by atoms with Gasteiger partial charge in [-0.1, -0.05) is 0 Å². The second-order valence-corrected chi connectivity index (χ2v) is 5.51. The zero-order valence-corrected chi connectivity index (χ0v) is 12.4. The molecule has 5 heteroatoms. The number of pyridine rings is 2. The molecule has 1 aliphatic heterocycles.